The molecule has 0 amide bonds. The molecule has 0 aliphatic heterocycles. The summed E-state index contributed by atoms with van der Waals surface area (Å²) >= 11 is 2.84. The van der Waals surface area contributed by atoms with Gasteiger partial charge in [-0.15, -0.1) is 11.3 Å². The Bertz CT molecular complexity index is 1510. The van der Waals surface area contributed by atoms with Crippen molar-refractivity contribution < 1.29 is 10.2 Å². The molecule has 8 nitrogen and oxygen atoms in total. The van der Waals surface area contributed by atoms with E-state index in [0.717, 1.165) is 27.6 Å². The summed E-state index contributed by atoms with van der Waals surface area (Å²) in [6.45, 7) is 1.75. The normalized spacial score (nSPS) is 11.5. The van der Waals surface area contributed by atoms with E-state index in [2.05, 4.69) is 27.4 Å². The number of aromatic nitrogens is 2. The zero-order chi connectivity index (χ0) is 27.1. The van der Waals surface area contributed by atoms with Gasteiger partial charge in [-0.2, -0.15) is 10.5 Å². The van der Waals surface area contributed by atoms with Crippen molar-refractivity contribution in [2.45, 2.75) is 36.6 Å². The van der Waals surface area contributed by atoms with Gasteiger partial charge in [0, 0.05) is 22.4 Å². The van der Waals surface area contributed by atoms with Gasteiger partial charge in [0.15, 0.2) is 5.13 Å². The van der Waals surface area contributed by atoms with Crippen LogP contribution in [0.15, 0.2) is 58.9 Å². The van der Waals surface area contributed by atoms with Crippen LogP contribution in [0.5, 0.6) is 0 Å². The summed E-state index contributed by atoms with van der Waals surface area (Å²) in [7, 11) is 0. The largest absolute Gasteiger partial charge is 0.394 e. The number of pyridine rings is 1. The Kier molecular flexibility index (Phi) is 8.95. The Morgan fingerprint density at radius 2 is 1.87 bits per heavy atom. The van der Waals surface area contributed by atoms with E-state index in [4.69, 9.17) is 10.8 Å². The first-order chi connectivity index (χ1) is 18.4. The first-order valence-corrected chi connectivity index (χ1v) is 13.7. The van der Waals surface area contributed by atoms with Crippen LogP contribution in [0.3, 0.4) is 0 Å². The van der Waals surface area contributed by atoms with E-state index >= 15 is 0 Å². The van der Waals surface area contributed by atoms with Gasteiger partial charge < -0.3 is 21.3 Å². The molecule has 2 heterocycles. The SMILES string of the molecule is Cc1cccc(Nc2nc(CSc3nc(N)c(C#N)c(-c4ccc(CC[C@H](O)CO)cc4)c3C#N)cs2)c1. The number of aliphatic hydroxyl groups excluding tert-OH is 2. The highest BCUT2D eigenvalue weighted by Crippen LogP contribution is 2.37. The highest BCUT2D eigenvalue weighted by molar-refractivity contribution is 7.98. The third kappa shape index (κ3) is 6.49. The summed E-state index contributed by atoms with van der Waals surface area (Å²) in [6.07, 6.45) is 0.258. The predicted molar refractivity (Wildman–Crippen MR) is 151 cm³/mol. The fraction of sp³-hybridized carbons (Fsp3) is 0.214. The molecule has 192 valence electrons. The summed E-state index contributed by atoms with van der Waals surface area (Å²) in [5.74, 6) is 0.545. The number of nitrogen functional groups attached to an aromatic ring is 1. The lowest BCUT2D eigenvalue weighted by molar-refractivity contribution is 0.0886. The molecule has 0 spiro atoms. The number of rotatable bonds is 10. The fourth-order valence-corrected chi connectivity index (χ4v) is 5.60. The summed E-state index contributed by atoms with van der Waals surface area (Å²) < 4.78 is 0. The van der Waals surface area contributed by atoms with Gasteiger partial charge in [-0.25, -0.2) is 9.97 Å². The van der Waals surface area contributed by atoms with Crippen LogP contribution in [-0.4, -0.2) is 32.9 Å². The highest BCUT2D eigenvalue weighted by atomic mass is 32.2. The first-order valence-electron chi connectivity index (χ1n) is 11.8. The number of nitrogens with two attached hydrogens (primary N) is 1. The Labute approximate surface area is 229 Å². The maximum Gasteiger partial charge on any atom is 0.187 e. The summed E-state index contributed by atoms with van der Waals surface area (Å²) in [6, 6.07) is 19.8. The van der Waals surface area contributed by atoms with Gasteiger partial charge in [0.25, 0.3) is 0 Å². The lowest BCUT2D eigenvalue weighted by Crippen LogP contribution is -2.12. The number of hydrogen-bond acceptors (Lipinski definition) is 10. The van der Waals surface area contributed by atoms with E-state index in [-0.39, 0.29) is 23.6 Å². The van der Waals surface area contributed by atoms with Crippen molar-refractivity contribution in [3.8, 4) is 23.3 Å². The van der Waals surface area contributed by atoms with Crippen molar-refractivity contribution in [2.75, 3.05) is 17.7 Å². The number of thiazole rings is 1. The molecular formula is C28H26N6O2S2. The van der Waals surface area contributed by atoms with E-state index in [0.29, 0.717) is 34.7 Å². The molecule has 0 unspecified atom stereocenters. The third-order valence-corrected chi connectivity index (χ3v) is 7.63. The van der Waals surface area contributed by atoms with Crippen molar-refractivity contribution in [1.82, 2.24) is 9.97 Å². The predicted octanol–water partition coefficient (Wildman–Crippen LogP) is 5.16. The lowest BCUT2D eigenvalue weighted by Gasteiger charge is -2.13. The van der Waals surface area contributed by atoms with Crippen LogP contribution in [0.25, 0.3) is 11.1 Å². The standard InChI is InChI=1S/C28H26N6O2S2/c1-17-3-2-4-20(11-17)32-28-33-21(16-38-28)15-37-27-24(13-30)25(23(12-29)26(31)34-27)19-8-5-18(6-9-19)7-10-22(36)14-35/h2-6,8-9,11,16,22,35-36H,7,10,14-15H2,1H3,(H2,31,34)(H,32,33)/t22-/m0/s1. The number of nitriles is 2. The quantitative estimate of drug-likeness (QED) is 0.199. The van der Waals surface area contributed by atoms with Gasteiger partial charge >= 0.3 is 0 Å². The molecule has 0 bridgehead atoms. The van der Waals surface area contributed by atoms with Crippen molar-refractivity contribution in [3.63, 3.8) is 0 Å². The van der Waals surface area contributed by atoms with Crippen LogP contribution in [0.2, 0.25) is 0 Å². The minimum Gasteiger partial charge on any atom is -0.394 e. The Morgan fingerprint density at radius 1 is 1.11 bits per heavy atom. The van der Waals surface area contributed by atoms with Crippen molar-refractivity contribution in [1.29, 1.82) is 10.5 Å². The number of anilines is 3. The van der Waals surface area contributed by atoms with Crippen molar-refractivity contribution in [2.24, 2.45) is 0 Å². The minimum atomic E-state index is -0.767. The lowest BCUT2D eigenvalue weighted by atomic mass is 9.95. The van der Waals surface area contributed by atoms with Gasteiger partial charge in [0.1, 0.15) is 28.5 Å². The summed E-state index contributed by atoms with van der Waals surface area (Å²) in [4.78, 5) is 9.03. The minimum absolute atomic E-state index is 0.0687. The third-order valence-electron chi connectivity index (χ3n) is 5.81. The van der Waals surface area contributed by atoms with Crippen LogP contribution < -0.4 is 11.1 Å². The Morgan fingerprint density at radius 3 is 2.55 bits per heavy atom. The van der Waals surface area contributed by atoms with E-state index in [1.54, 1.807) is 0 Å². The number of aliphatic hydroxyl groups is 2. The summed E-state index contributed by atoms with van der Waals surface area (Å²) in [5.41, 5.74) is 11.7. The van der Waals surface area contributed by atoms with Gasteiger partial charge in [-0.05, 0) is 48.6 Å². The Hall–Kier alpha value is -3.93. The molecule has 0 saturated carbocycles. The monoisotopic (exact) mass is 542 g/mol. The molecule has 2 aromatic carbocycles. The maximum absolute atomic E-state index is 10.1. The molecule has 5 N–H and O–H groups in total. The van der Waals surface area contributed by atoms with Gasteiger partial charge in [0.2, 0.25) is 0 Å². The van der Waals surface area contributed by atoms with Gasteiger partial charge in [-0.3, -0.25) is 0 Å². The number of thioether (sulfide) groups is 1. The molecule has 4 rings (SSSR count). The zero-order valence-electron chi connectivity index (χ0n) is 20.7. The van der Waals surface area contributed by atoms with E-state index in [9.17, 15) is 15.6 Å². The molecule has 4 aromatic rings. The topological polar surface area (TPSA) is 152 Å². The molecule has 0 aliphatic carbocycles. The number of aryl methyl sites for hydroxylation is 2. The maximum atomic E-state index is 10.1. The van der Waals surface area contributed by atoms with Crippen LogP contribution in [0.1, 0.15) is 34.4 Å². The van der Waals surface area contributed by atoms with Gasteiger partial charge in [-0.1, -0.05) is 48.2 Å². The van der Waals surface area contributed by atoms with Gasteiger partial charge in [0.05, 0.1) is 24.0 Å². The molecule has 0 aliphatic rings. The first kappa shape index (κ1) is 27.1. The second kappa shape index (κ2) is 12.5. The fourth-order valence-electron chi connectivity index (χ4n) is 3.87. The average molecular weight is 543 g/mol. The number of benzene rings is 2. The zero-order valence-corrected chi connectivity index (χ0v) is 22.3. The molecule has 1 atom stereocenters. The number of hydrogen-bond donors (Lipinski definition) is 4. The van der Waals surface area contributed by atoms with E-state index in [1.807, 2.05) is 60.8 Å². The van der Waals surface area contributed by atoms with E-state index < -0.39 is 6.10 Å². The number of nitrogens with one attached hydrogen (secondary N) is 1. The molecule has 10 heteroatoms. The average Bonchev–Trinajstić information content (AvgIpc) is 3.37. The van der Waals surface area contributed by atoms with Crippen molar-refractivity contribution >= 4 is 39.7 Å². The molecule has 0 saturated heterocycles. The molecule has 38 heavy (non-hydrogen) atoms. The second-order valence-electron chi connectivity index (χ2n) is 8.65. The van der Waals surface area contributed by atoms with E-state index in [1.165, 1.54) is 23.1 Å². The van der Waals surface area contributed by atoms with Crippen molar-refractivity contribution in [3.05, 3.63) is 81.9 Å². The van der Waals surface area contributed by atoms with Crippen LogP contribution >= 0.6 is 23.1 Å². The van der Waals surface area contributed by atoms with Crippen LogP contribution in [0, 0.1) is 29.6 Å². The Balaban J connectivity index is 1.56. The van der Waals surface area contributed by atoms with Crippen LogP contribution in [-0.2, 0) is 12.2 Å². The summed E-state index contributed by atoms with van der Waals surface area (Å²) in [5, 5.41) is 45.0. The molecular weight excluding hydrogens is 516 g/mol. The number of nitrogens with zero attached hydrogens (tertiary/aromatic N) is 4. The smallest absolute Gasteiger partial charge is 0.187 e. The highest BCUT2D eigenvalue weighted by Gasteiger charge is 2.21. The molecule has 0 fully saturated rings. The van der Waals surface area contributed by atoms with Crippen LogP contribution in [0.4, 0.5) is 16.6 Å². The molecule has 0 radical (unpaired) electrons. The second-order valence-corrected chi connectivity index (χ2v) is 10.5. The molecule has 2 aromatic heterocycles.